The molecule has 84 valence electrons. The predicted molar refractivity (Wildman–Crippen MR) is 59.5 cm³/mol. The molecule has 0 fully saturated rings. The number of imidazole rings is 1. The van der Waals surface area contributed by atoms with Gasteiger partial charge in [-0.15, -0.1) is 0 Å². The van der Waals surface area contributed by atoms with Crippen molar-refractivity contribution in [1.82, 2.24) is 9.97 Å². The van der Waals surface area contributed by atoms with Crippen LogP contribution in [0.25, 0.3) is 11.0 Å². The van der Waals surface area contributed by atoms with E-state index in [1.54, 1.807) is 12.1 Å². The Bertz CT molecular complexity index is 553. The minimum absolute atomic E-state index is 0.0662. The van der Waals surface area contributed by atoms with Gasteiger partial charge in [0.05, 0.1) is 24.6 Å². The van der Waals surface area contributed by atoms with Crippen LogP contribution in [0.1, 0.15) is 5.56 Å². The summed E-state index contributed by atoms with van der Waals surface area (Å²) in [7, 11) is 1.31. The van der Waals surface area contributed by atoms with E-state index in [1.807, 2.05) is 0 Å². The number of carbonyl (C=O) groups is 1. The molecule has 2 rings (SSSR count). The molecule has 1 aromatic carbocycles. The highest BCUT2D eigenvalue weighted by Crippen LogP contribution is 2.23. The Balaban J connectivity index is 2.53. The number of ether oxygens (including phenoxy) is 1. The molecule has 2 aromatic rings. The van der Waals surface area contributed by atoms with Crippen LogP contribution < -0.4 is 0 Å². The number of halogens is 2. The summed E-state index contributed by atoms with van der Waals surface area (Å²) >= 11 is 3.28. The van der Waals surface area contributed by atoms with Crippen molar-refractivity contribution in [2.75, 3.05) is 7.11 Å². The lowest BCUT2D eigenvalue weighted by molar-refractivity contribution is -0.139. The molecule has 4 nitrogen and oxygen atoms in total. The Morgan fingerprint density at radius 1 is 1.62 bits per heavy atom. The second-order valence-electron chi connectivity index (χ2n) is 3.24. The summed E-state index contributed by atoms with van der Waals surface area (Å²) in [5.74, 6) is -0.386. The summed E-state index contributed by atoms with van der Waals surface area (Å²) in [6, 6.07) is 3.42. The van der Waals surface area contributed by atoms with Crippen LogP contribution >= 0.6 is 15.9 Å². The standard InChI is InChI=1S/C10H8BrFN2O2/c1-16-8(15)3-5-2-6(11)4-7-9(5)14-10(12)13-7/h2,4H,3H2,1H3,(H,13,14). The number of esters is 1. The molecule has 0 aliphatic heterocycles. The molecule has 0 aliphatic rings. The van der Waals surface area contributed by atoms with E-state index in [9.17, 15) is 9.18 Å². The van der Waals surface area contributed by atoms with Crippen LogP contribution in [0.5, 0.6) is 0 Å². The summed E-state index contributed by atoms with van der Waals surface area (Å²) in [5.41, 5.74) is 1.62. The van der Waals surface area contributed by atoms with Crippen LogP contribution in [0.4, 0.5) is 4.39 Å². The van der Waals surface area contributed by atoms with E-state index < -0.39 is 6.08 Å². The number of aromatic amines is 1. The summed E-state index contributed by atoms with van der Waals surface area (Å²) in [5, 5.41) is 0. The molecule has 1 aromatic heterocycles. The molecule has 0 aliphatic carbocycles. The molecular weight excluding hydrogens is 279 g/mol. The van der Waals surface area contributed by atoms with Gasteiger partial charge in [-0.05, 0) is 17.7 Å². The van der Waals surface area contributed by atoms with Crippen LogP contribution in [0.3, 0.4) is 0 Å². The number of H-pyrrole nitrogens is 1. The van der Waals surface area contributed by atoms with Crippen molar-refractivity contribution in [3.8, 4) is 0 Å². The third-order valence-electron chi connectivity index (χ3n) is 2.16. The zero-order chi connectivity index (χ0) is 11.7. The second-order valence-corrected chi connectivity index (χ2v) is 4.16. The van der Waals surface area contributed by atoms with E-state index in [0.717, 1.165) is 4.47 Å². The van der Waals surface area contributed by atoms with Crippen molar-refractivity contribution >= 4 is 32.9 Å². The average molecular weight is 287 g/mol. The van der Waals surface area contributed by atoms with Gasteiger partial charge in [0.15, 0.2) is 0 Å². The molecule has 1 heterocycles. The minimum atomic E-state index is -0.667. The maximum Gasteiger partial charge on any atom is 0.310 e. The van der Waals surface area contributed by atoms with Gasteiger partial charge in [-0.2, -0.15) is 4.39 Å². The van der Waals surface area contributed by atoms with E-state index in [0.29, 0.717) is 16.6 Å². The summed E-state index contributed by atoms with van der Waals surface area (Å²) < 4.78 is 18.3. The Kier molecular flexibility index (Phi) is 2.91. The topological polar surface area (TPSA) is 55.0 Å². The molecule has 0 radical (unpaired) electrons. The van der Waals surface area contributed by atoms with Gasteiger partial charge in [0.1, 0.15) is 0 Å². The highest BCUT2D eigenvalue weighted by atomic mass is 79.9. The molecule has 0 unspecified atom stereocenters. The van der Waals surface area contributed by atoms with Crippen molar-refractivity contribution in [2.24, 2.45) is 0 Å². The number of rotatable bonds is 2. The van der Waals surface area contributed by atoms with Crippen LogP contribution in [0.2, 0.25) is 0 Å². The van der Waals surface area contributed by atoms with E-state index in [2.05, 4.69) is 30.6 Å². The number of benzene rings is 1. The third kappa shape index (κ3) is 2.06. The maximum absolute atomic E-state index is 13.0. The monoisotopic (exact) mass is 286 g/mol. The van der Waals surface area contributed by atoms with Gasteiger partial charge < -0.3 is 9.72 Å². The highest BCUT2D eigenvalue weighted by Gasteiger charge is 2.12. The molecular formula is C10H8BrFN2O2. The van der Waals surface area contributed by atoms with Crippen LogP contribution in [-0.2, 0) is 16.0 Å². The van der Waals surface area contributed by atoms with Crippen LogP contribution in [-0.4, -0.2) is 23.0 Å². The minimum Gasteiger partial charge on any atom is -0.469 e. The molecule has 0 atom stereocenters. The number of methoxy groups -OCH3 is 1. The van der Waals surface area contributed by atoms with Crippen molar-refractivity contribution in [3.63, 3.8) is 0 Å². The molecule has 6 heteroatoms. The number of hydrogen-bond donors (Lipinski definition) is 1. The molecule has 1 N–H and O–H groups in total. The lowest BCUT2D eigenvalue weighted by atomic mass is 10.1. The average Bonchev–Trinajstić information content (AvgIpc) is 2.58. The SMILES string of the molecule is COC(=O)Cc1cc(Br)cc2[nH]c(F)nc12. The Hall–Kier alpha value is -1.43. The third-order valence-corrected chi connectivity index (χ3v) is 2.62. The smallest absolute Gasteiger partial charge is 0.310 e. The maximum atomic E-state index is 13.0. The van der Waals surface area contributed by atoms with Gasteiger partial charge in [0, 0.05) is 4.47 Å². The van der Waals surface area contributed by atoms with Gasteiger partial charge in [-0.3, -0.25) is 4.79 Å². The summed E-state index contributed by atoms with van der Waals surface area (Å²) in [6.45, 7) is 0. The number of hydrogen-bond acceptors (Lipinski definition) is 3. The normalized spacial score (nSPS) is 10.7. The Labute approximate surface area is 98.9 Å². The van der Waals surface area contributed by atoms with E-state index in [1.165, 1.54) is 7.11 Å². The number of nitrogens with one attached hydrogen (secondary N) is 1. The quantitative estimate of drug-likeness (QED) is 0.861. The number of nitrogens with zero attached hydrogens (tertiary/aromatic N) is 1. The Morgan fingerprint density at radius 3 is 3.06 bits per heavy atom. The van der Waals surface area contributed by atoms with Gasteiger partial charge in [0.2, 0.25) is 0 Å². The lowest BCUT2D eigenvalue weighted by Gasteiger charge is -2.02. The van der Waals surface area contributed by atoms with Crippen LogP contribution in [0.15, 0.2) is 16.6 Å². The molecule has 16 heavy (non-hydrogen) atoms. The van der Waals surface area contributed by atoms with Crippen LogP contribution in [0, 0.1) is 6.08 Å². The molecule has 0 saturated carbocycles. The first-order valence-corrected chi connectivity index (χ1v) is 5.30. The zero-order valence-corrected chi connectivity index (χ0v) is 9.97. The second kappa shape index (κ2) is 4.21. The zero-order valence-electron chi connectivity index (χ0n) is 8.38. The fourth-order valence-corrected chi connectivity index (χ4v) is 1.99. The Morgan fingerprint density at radius 2 is 2.38 bits per heavy atom. The number of carbonyl (C=O) groups excluding carboxylic acids is 1. The van der Waals surface area contributed by atoms with Crippen molar-refractivity contribution in [2.45, 2.75) is 6.42 Å². The van der Waals surface area contributed by atoms with Gasteiger partial charge in [-0.25, -0.2) is 4.98 Å². The van der Waals surface area contributed by atoms with Gasteiger partial charge >= 0.3 is 5.97 Å². The molecule has 0 spiro atoms. The first kappa shape index (κ1) is 11.1. The first-order valence-electron chi connectivity index (χ1n) is 4.50. The van der Waals surface area contributed by atoms with Crippen molar-refractivity contribution < 1.29 is 13.9 Å². The van der Waals surface area contributed by atoms with E-state index in [-0.39, 0.29) is 12.4 Å². The summed E-state index contributed by atoms with van der Waals surface area (Å²) in [4.78, 5) is 17.3. The van der Waals surface area contributed by atoms with Crippen molar-refractivity contribution in [3.05, 3.63) is 28.2 Å². The predicted octanol–water partition coefficient (Wildman–Crippen LogP) is 2.18. The summed E-state index contributed by atoms with van der Waals surface area (Å²) in [6.07, 6.45) is -0.601. The largest absolute Gasteiger partial charge is 0.469 e. The number of aromatic nitrogens is 2. The van der Waals surface area contributed by atoms with E-state index >= 15 is 0 Å². The number of fused-ring (bicyclic) bond motifs is 1. The fraction of sp³-hybridized carbons (Fsp3) is 0.200. The van der Waals surface area contributed by atoms with Crippen molar-refractivity contribution in [1.29, 1.82) is 0 Å². The molecule has 0 saturated heterocycles. The lowest BCUT2D eigenvalue weighted by Crippen LogP contribution is -2.05. The highest BCUT2D eigenvalue weighted by molar-refractivity contribution is 9.10. The molecule has 0 amide bonds. The first-order chi connectivity index (χ1) is 7.60. The van der Waals surface area contributed by atoms with Gasteiger partial charge in [0.25, 0.3) is 6.08 Å². The van der Waals surface area contributed by atoms with Gasteiger partial charge in [-0.1, -0.05) is 15.9 Å². The molecule has 0 bridgehead atoms. The fourth-order valence-electron chi connectivity index (χ4n) is 1.48. The van der Waals surface area contributed by atoms with E-state index in [4.69, 9.17) is 0 Å².